The van der Waals surface area contributed by atoms with Crippen LogP contribution < -0.4 is 5.73 Å². The first-order chi connectivity index (χ1) is 8.45. The van der Waals surface area contributed by atoms with Crippen LogP contribution in [0.3, 0.4) is 0 Å². The van der Waals surface area contributed by atoms with E-state index in [9.17, 15) is 13.2 Å². The molecule has 0 saturated heterocycles. The maximum atomic E-state index is 12.3. The zero-order chi connectivity index (χ0) is 13.6. The molecule has 0 aliphatic rings. The zero-order valence-electron chi connectivity index (χ0n) is 9.87. The molecule has 1 heterocycles. The Bertz CT molecular complexity index is 357. The van der Waals surface area contributed by atoms with E-state index in [1.54, 1.807) is 7.11 Å². The number of hydrogen-bond acceptors (Lipinski definition) is 5. The van der Waals surface area contributed by atoms with Crippen LogP contribution >= 0.6 is 11.3 Å². The molecule has 0 aromatic carbocycles. The Morgan fingerprint density at radius 3 is 2.67 bits per heavy atom. The molecule has 1 aromatic rings. The second kappa shape index (κ2) is 7.03. The summed E-state index contributed by atoms with van der Waals surface area (Å²) in [4.78, 5) is 3.73. The molecule has 8 heteroatoms. The van der Waals surface area contributed by atoms with Crippen molar-refractivity contribution >= 4 is 11.3 Å². The van der Waals surface area contributed by atoms with Gasteiger partial charge in [0.05, 0.1) is 13.2 Å². The van der Waals surface area contributed by atoms with Gasteiger partial charge in [-0.3, -0.25) is 0 Å². The highest BCUT2D eigenvalue weighted by Gasteiger charge is 2.34. The van der Waals surface area contributed by atoms with Gasteiger partial charge in [0, 0.05) is 30.8 Å². The topological polar surface area (TPSA) is 57.4 Å². The second-order valence-corrected chi connectivity index (χ2v) is 4.63. The van der Waals surface area contributed by atoms with Crippen molar-refractivity contribution in [2.45, 2.75) is 18.6 Å². The molecule has 0 aliphatic carbocycles. The van der Waals surface area contributed by atoms with Gasteiger partial charge in [0.25, 0.3) is 0 Å². The van der Waals surface area contributed by atoms with E-state index in [0.717, 1.165) is 0 Å². The quantitative estimate of drug-likeness (QED) is 0.780. The van der Waals surface area contributed by atoms with E-state index in [0.29, 0.717) is 42.5 Å². The third-order valence-corrected chi connectivity index (χ3v) is 3.31. The number of aromatic nitrogens is 1. The minimum absolute atomic E-state index is 0.379. The van der Waals surface area contributed by atoms with E-state index in [1.165, 1.54) is 6.20 Å². The number of halogens is 3. The minimum atomic E-state index is -4.41. The summed E-state index contributed by atoms with van der Waals surface area (Å²) in [5, 5.41) is -0.867. The molecule has 1 aromatic heterocycles. The zero-order valence-corrected chi connectivity index (χ0v) is 10.7. The molecule has 2 N–H and O–H groups in total. The molecule has 0 spiro atoms. The highest BCUT2D eigenvalue weighted by atomic mass is 32.1. The number of ether oxygens (including phenoxy) is 2. The third-order valence-electron chi connectivity index (χ3n) is 2.14. The van der Waals surface area contributed by atoms with Crippen LogP contribution in [0, 0.1) is 0 Å². The molecule has 104 valence electrons. The van der Waals surface area contributed by atoms with Crippen LogP contribution in [-0.2, 0) is 15.7 Å². The summed E-state index contributed by atoms with van der Waals surface area (Å²) in [6.07, 6.45) is -2.78. The van der Waals surface area contributed by atoms with Gasteiger partial charge >= 0.3 is 6.18 Å². The molecule has 0 bridgehead atoms. The molecule has 1 rings (SSSR count). The van der Waals surface area contributed by atoms with E-state index in [2.05, 4.69) is 4.98 Å². The summed E-state index contributed by atoms with van der Waals surface area (Å²) in [6, 6.07) is -0.485. The van der Waals surface area contributed by atoms with Gasteiger partial charge < -0.3 is 15.2 Å². The SMILES string of the molecule is COCCOCCC(N)c1cnc(C(F)(F)F)s1. The molecular weight excluding hydrogens is 269 g/mol. The van der Waals surface area contributed by atoms with Crippen LogP contribution in [0.1, 0.15) is 22.3 Å². The summed E-state index contributed by atoms with van der Waals surface area (Å²) < 4.78 is 47.0. The van der Waals surface area contributed by atoms with Gasteiger partial charge in [0.2, 0.25) is 0 Å². The van der Waals surface area contributed by atoms with Crippen molar-refractivity contribution in [1.29, 1.82) is 0 Å². The number of rotatable bonds is 7. The first-order valence-electron chi connectivity index (χ1n) is 5.30. The van der Waals surface area contributed by atoms with Crippen LogP contribution in [0.15, 0.2) is 6.20 Å². The third kappa shape index (κ3) is 4.89. The Morgan fingerprint density at radius 2 is 2.11 bits per heavy atom. The number of thiazole rings is 1. The van der Waals surface area contributed by atoms with Gasteiger partial charge in [0.1, 0.15) is 0 Å². The van der Waals surface area contributed by atoms with Crippen LogP contribution in [-0.4, -0.2) is 31.9 Å². The molecule has 1 atom stereocenters. The maximum absolute atomic E-state index is 12.3. The second-order valence-electron chi connectivity index (χ2n) is 3.57. The molecule has 18 heavy (non-hydrogen) atoms. The number of nitrogens with zero attached hydrogens (tertiary/aromatic N) is 1. The lowest BCUT2D eigenvalue weighted by molar-refractivity contribution is -0.137. The minimum Gasteiger partial charge on any atom is -0.382 e. The summed E-state index contributed by atoms with van der Waals surface area (Å²) in [7, 11) is 1.56. The average molecular weight is 284 g/mol. The first kappa shape index (κ1) is 15.4. The molecular formula is C10H15F3N2O2S. The number of alkyl halides is 3. The standard InChI is InChI=1S/C10H15F3N2O2S/c1-16-4-5-17-3-2-7(14)8-6-15-9(18-8)10(11,12)13/h6-7H,2-5,14H2,1H3. The largest absolute Gasteiger partial charge is 0.443 e. The maximum Gasteiger partial charge on any atom is 0.443 e. The predicted octanol–water partition coefficient (Wildman–Crippen LogP) is 2.21. The van der Waals surface area contributed by atoms with Gasteiger partial charge in [-0.1, -0.05) is 0 Å². The Balaban J connectivity index is 2.37. The monoisotopic (exact) mass is 284 g/mol. The Kier molecular flexibility index (Phi) is 6.00. The van der Waals surface area contributed by atoms with Crippen molar-refractivity contribution in [3.8, 4) is 0 Å². The van der Waals surface area contributed by atoms with E-state index in [1.807, 2.05) is 0 Å². The van der Waals surface area contributed by atoms with Gasteiger partial charge in [-0.2, -0.15) is 13.2 Å². The molecule has 4 nitrogen and oxygen atoms in total. The average Bonchev–Trinajstić information content (AvgIpc) is 2.77. The number of methoxy groups -OCH3 is 1. The summed E-state index contributed by atoms with van der Waals surface area (Å²) >= 11 is 0.575. The molecule has 0 amide bonds. The van der Waals surface area contributed by atoms with Crippen molar-refractivity contribution in [2.24, 2.45) is 5.73 Å². The van der Waals surface area contributed by atoms with E-state index < -0.39 is 17.2 Å². The summed E-state index contributed by atoms with van der Waals surface area (Å²) in [5.41, 5.74) is 5.76. The van der Waals surface area contributed by atoms with Crippen molar-refractivity contribution in [3.05, 3.63) is 16.1 Å². The summed E-state index contributed by atoms with van der Waals surface area (Å²) in [6.45, 7) is 1.30. The van der Waals surface area contributed by atoms with Crippen molar-refractivity contribution in [2.75, 3.05) is 26.9 Å². The lowest BCUT2D eigenvalue weighted by Gasteiger charge is -2.09. The lowest BCUT2D eigenvalue weighted by atomic mass is 10.2. The van der Waals surface area contributed by atoms with Gasteiger partial charge in [-0.25, -0.2) is 4.98 Å². The van der Waals surface area contributed by atoms with Crippen LogP contribution in [0.2, 0.25) is 0 Å². The Labute approximate surface area is 107 Å². The fourth-order valence-corrected chi connectivity index (χ4v) is 2.00. The fraction of sp³-hybridized carbons (Fsp3) is 0.700. The van der Waals surface area contributed by atoms with Crippen molar-refractivity contribution < 1.29 is 22.6 Å². The lowest BCUT2D eigenvalue weighted by Crippen LogP contribution is -2.13. The Morgan fingerprint density at radius 1 is 1.39 bits per heavy atom. The van der Waals surface area contributed by atoms with Crippen LogP contribution in [0.5, 0.6) is 0 Å². The van der Waals surface area contributed by atoms with Gasteiger partial charge in [-0.15, -0.1) is 11.3 Å². The molecule has 1 unspecified atom stereocenters. The highest BCUT2D eigenvalue weighted by Crippen LogP contribution is 2.34. The van der Waals surface area contributed by atoms with Crippen LogP contribution in [0.25, 0.3) is 0 Å². The molecule has 0 saturated carbocycles. The van der Waals surface area contributed by atoms with E-state index >= 15 is 0 Å². The predicted molar refractivity (Wildman–Crippen MR) is 61.4 cm³/mol. The van der Waals surface area contributed by atoms with E-state index in [4.69, 9.17) is 15.2 Å². The van der Waals surface area contributed by atoms with Crippen LogP contribution in [0.4, 0.5) is 13.2 Å². The number of nitrogens with two attached hydrogens (primary N) is 1. The van der Waals surface area contributed by atoms with Crippen molar-refractivity contribution in [1.82, 2.24) is 4.98 Å². The Hall–Kier alpha value is -0.700. The fourth-order valence-electron chi connectivity index (χ4n) is 1.19. The van der Waals surface area contributed by atoms with Gasteiger partial charge in [-0.05, 0) is 6.42 Å². The molecule has 0 fully saturated rings. The molecule has 0 radical (unpaired) electrons. The van der Waals surface area contributed by atoms with E-state index in [-0.39, 0.29) is 0 Å². The smallest absolute Gasteiger partial charge is 0.382 e. The number of hydrogen-bond donors (Lipinski definition) is 1. The highest BCUT2D eigenvalue weighted by molar-refractivity contribution is 7.11. The van der Waals surface area contributed by atoms with Crippen molar-refractivity contribution in [3.63, 3.8) is 0 Å². The normalized spacial score (nSPS) is 13.8. The summed E-state index contributed by atoms with van der Waals surface area (Å²) in [5.74, 6) is 0. The van der Waals surface area contributed by atoms with Gasteiger partial charge in [0.15, 0.2) is 5.01 Å². The first-order valence-corrected chi connectivity index (χ1v) is 6.12. The molecule has 0 aliphatic heterocycles.